The molecular weight excluding hydrogens is 186 g/mol. The zero-order valence-corrected chi connectivity index (χ0v) is 8.15. The van der Waals surface area contributed by atoms with Crippen LogP contribution >= 0.6 is 11.3 Å². The van der Waals surface area contributed by atoms with Crippen LogP contribution < -0.4 is 5.73 Å². The van der Waals surface area contributed by atoms with Crippen LogP contribution in [0.5, 0.6) is 0 Å². The van der Waals surface area contributed by atoms with Crippen LogP contribution in [0.2, 0.25) is 0 Å². The summed E-state index contributed by atoms with van der Waals surface area (Å²) in [6.45, 7) is 1.98. The van der Waals surface area contributed by atoms with Crippen LogP contribution in [0.1, 0.15) is 21.7 Å². The number of hydrogen-bond donors (Lipinski definition) is 2. The lowest BCUT2D eigenvalue weighted by Crippen LogP contribution is -2.42. The average molecular weight is 197 g/mol. The third kappa shape index (κ3) is 1.09. The van der Waals surface area contributed by atoms with Crippen LogP contribution in [0.25, 0.3) is 0 Å². The lowest BCUT2D eigenvalue weighted by molar-refractivity contribution is -0.143. The summed E-state index contributed by atoms with van der Waals surface area (Å²) in [7, 11) is 0. The topological polar surface area (TPSA) is 63.3 Å². The highest BCUT2D eigenvalue weighted by Crippen LogP contribution is 2.40. The van der Waals surface area contributed by atoms with E-state index in [9.17, 15) is 4.79 Å². The molecule has 1 heterocycles. The number of carboxylic acid groups (broad SMARTS) is 1. The van der Waals surface area contributed by atoms with Crippen molar-refractivity contribution >= 4 is 17.3 Å². The van der Waals surface area contributed by atoms with Crippen molar-refractivity contribution in [1.29, 1.82) is 0 Å². The van der Waals surface area contributed by atoms with Gasteiger partial charge in [-0.3, -0.25) is 0 Å². The maximum Gasteiger partial charge on any atom is 0.329 e. The first-order chi connectivity index (χ1) is 6.04. The van der Waals surface area contributed by atoms with Crippen molar-refractivity contribution in [2.24, 2.45) is 5.73 Å². The van der Waals surface area contributed by atoms with Gasteiger partial charge in [0.05, 0.1) is 0 Å². The summed E-state index contributed by atoms with van der Waals surface area (Å²) in [5.74, 6) is -0.909. The van der Waals surface area contributed by atoms with E-state index in [-0.39, 0.29) is 0 Å². The summed E-state index contributed by atoms with van der Waals surface area (Å²) in [4.78, 5) is 13.0. The minimum atomic E-state index is -1.12. The molecule has 1 aliphatic carbocycles. The van der Waals surface area contributed by atoms with E-state index in [4.69, 9.17) is 10.8 Å². The van der Waals surface area contributed by atoms with Gasteiger partial charge in [-0.05, 0) is 31.4 Å². The summed E-state index contributed by atoms with van der Waals surface area (Å²) >= 11 is 1.51. The number of carbonyl (C=O) groups is 1. The highest BCUT2D eigenvalue weighted by molar-refractivity contribution is 7.12. The van der Waals surface area contributed by atoms with Gasteiger partial charge >= 0.3 is 5.97 Å². The highest BCUT2D eigenvalue weighted by atomic mass is 32.1. The Morgan fingerprint density at radius 3 is 3.08 bits per heavy atom. The lowest BCUT2D eigenvalue weighted by Gasteiger charge is -2.17. The first-order valence-electron chi connectivity index (χ1n) is 4.16. The van der Waals surface area contributed by atoms with Crippen molar-refractivity contribution in [2.75, 3.05) is 0 Å². The monoisotopic (exact) mass is 197 g/mol. The van der Waals surface area contributed by atoms with Crippen LogP contribution in [-0.4, -0.2) is 11.1 Å². The molecule has 70 valence electrons. The minimum Gasteiger partial charge on any atom is -0.480 e. The molecule has 1 aliphatic rings. The predicted molar refractivity (Wildman–Crippen MR) is 50.9 cm³/mol. The van der Waals surface area contributed by atoms with Gasteiger partial charge in [0.1, 0.15) is 5.54 Å². The molecule has 3 N–H and O–H groups in total. The number of thiophene rings is 1. The second-order valence-electron chi connectivity index (χ2n) is 3.49. The van der Waals surface area contributed by atoms with E-state index in [1.807, 2.05) is 13.0 Å². The van der Waals surface area contributed by atoms with Crippen molar-refractivity contribution < 1.29 is 9.90 Å². The predicted octanol–water partition coefficient (Wildman–Crippen LogP) is 1.24. The smallest absolute Gasteiger partial charge is 0.329 e. The third-order valence-corrected chi connectivity index (χ3v) is 3.78. The number of nitrogens with two attached hydrogens (primary N) is 1. The SMILES string of the molecule is Cc1cc2c(s1)C(N)(C(=O)O)CC2. The van der Waals surface area contributed by atoms with Crippen LogP contribution in [-0.2, 0) is 16.8 Å². The molecule has 0 bridgehead atoms. The molecule has 1 aromatic heterocycles. The summed E-state index contributed by atoms with van der Waals surface area (Å²) < 4.78 is 0. The molecule has 0 aliphatic heterocycles. The Morgan fingerprint density at radius 1 is 1.77 bits per heavy atom. The van der Waals surface area contributed by atoms with Gasteiger partial charge in [0.25, 0.3) is 0 Å². The Kier molecular flexibility index (Phi) is 1.72. The summed E-state index contributed by atoms with van der Waals surface area (Å²) in [6.07, 6.45) is 1.33. The van der Waals surface area contributed by atoms with Gasteiger partial charge in [-0.2, -0.15) is 0 Å². The molecule has 1 aromatic rings. The Labute approximate surface area is 80.2 Å². The van der Waals surface area contributed by atoms with Crippen LogP contribution in [0.3, 0.4) is 0 Å². The van der Waals surface area contributed by atoms with Gasteiger partial charge in [-0.15, -0.1) is 11.3 Å². The van der Waals surface area contributed by atoms with E-state index in [0.29, 0.717) is 6.42 Å². The molecule has 0 saturated carbocycles. The van der Waals surface area contributed by atoms with E-state index in [2.05, 4.69) is 0 Å². The zero-order valence-electron chi connectivity index (χ0n) is 7.33. The van der Waals surface area contributed by atoms with E-state index < -0.39 is 11.5 Å². The maximum atomic E-state index is 11.0. The second-order valence-corrected chi connectivity index (χ2v) is 4.74. The lowest BCUT2D eigenvalue weighted by atomic mass is 10.0. The molecule has 0 spiro atoms. The van der Waals surface area contributed by atoms with E-state index >= 15 is 0 Å². The number of hydrogen-bond acceptors (Lipinski definition) is 3. The zero-order chi connectivity index (χ0) is 9.64. The number of carboxylic acids is 1. The number of aryl methyl sites for hydroxylation is 2. The highest BCUT2D eigenvalue weighted by Gasteiger charge is 2.43. The van der Waals surface area contributed by atoms with Crippen LogP contribution in [0, 0.1) is 6.92 Å². The largest absolute Gasteiger partial charge is 0.480 e. The van der Waals surface area contributed by atoms with E-state index in [1.165, 1.54) is 11.3 Å². The van der Waals surface area contributed by atoms with Crippen molar-refractivity contribution in [2.45, 2.75) is 25.3 Å². The fraction of sp³-hybridized carbons (Fsp3) is 0.444. The second kappa shape index (κ2) is 2.56. The number of aliphatic carboxylic acids is 1. The molecule has 0 saturated heterocycles. The summed E-state index contributed by atoms with van der Waals surface area (Å²) in [6, 6.07) is 2.04. The molecule has 13 heavy (non-hydrogen) atoms. The summed E-state index contributed by atoms with van der Waals surface area (Å²) in [5.41, 5.74) is 5.84. The Bertz CT molecular complexity index is 372. The molecule has 4 heteroatoms. The maximum absolute atomic E-state index is 11.0. The van der Waals surface area contributed by atoms with Gasteiger partial charge in [0.2, 0.25) is 0 Å². The Morgan fingerprint density at radius 2 is 2.46 bits per heavy atom. The first-order valence-corrected chi connectivity index (χ1v) is 4.98. The quantitative estimate of drug-likeness (QED) is 0.712. The molecule has 0 amide bonds. The Balaban J connectivity index is 2.53. The molecule has 1 unspecified atom stereocenters. The first kappa shape index (κ1) is 8.72. The van der Waals surface area contributed by atoms with E-state index in [0.717, 1.165) is 21.7 Å². The van der Waals surface area contributed by atoms with Crippen molar-refractivity contribution in [3.63, 3.8) is 0 Å². The van der Waals surface area contributed by atoms with Gasteiger partial charge in [0, 0.05) is 9.75 Å². The number of rotatable bonds is 1. The van der Waals surface area contributed by atoms with Crippen LogP contribution in [0.15, 0.2) is 6.07 Å². The van der Waals surface area contributed by atoms with Crippen LogP contribution in [0.4, 0.5) is 0 Å². The fourth-order valence-electron chi connectivity index (χ4n) is 1.78. The van der Waals surface area contributed by atoms with Gasteiger partial charge < -0.3 is 10.8 Å². The minimum absolute atomic E-state index is 0.532. The van der Waals surface area contributed by atoms with Gasteiger partial charge in [-0.25, -0.2) is 4.79 Å². The molecule has 2 rings (SSSR count). The molecule has 3 nitrogen and oxygen atoms in total. The molecule has 0 radical (unpaired) electrons. The molecule has 0 fully saturated rings. The normalized spacial score (nSPS) is 26.0. The Hall–Kier alpha value is -0.870. The molecular formula is C9H11NO2S. The van der Waals surface area contributed by atoms with E-state index in [1.54, 1.807) is 0 Å². The molecule has 1 atom stereocenters. The van der Waals surface area contributed by atoms with Crippen molar-refractivity contribution in [3.05, 3.63) is 21.4 Å². The van der Waals surface area contributed by atoms with Crippen molar-refractivity contribution in [3.8, 4) is 0 Å². The molecule has 0 aromatic carbocycles. The number of fused-ring (bicyclic) bond motifs is 1. The average Bonchev–Trinajstić information content (AvgIpc) is 2.53. The fourth-order valence-corrected chi connectivity index (χ4v) is 2.97. The standard InChI is InChI=1S/C9H11NO2S/c1-5-4-6-2-3-9(10,8(11)12)7(6)13-5/h4H,2-3,10H2,1H3,(H,11,12). The van der Waals surface area contributed by atoms with Crippen molar-refractivity contribution in [1.82, 2.24) is 0 Å². The summed E-state index contributed by atoms with van der Waals surface area (Å²) in [5, 5.41) is 9.01. The third-order valence-electron chi connectivity index (χ3n) is 2.51. The van der Waals surface area contributed by atoms with Gasteiger partial charge in [-0.1, -0.05) is 0 Å². The van der Waals surface area contributed by atoms with Gasteiger partial charge in [0.15, 0.2) is 0 Å².